The van der Waals surface area contributed by atoms with Crippen LogP contribution in [0.15, 0.2) is 78.9 Å². The fourth-order valence-corrected chi connectivity index (χ4v) is 6.59. The standard InChI is InChI=1S/C36H46N4O4/c1-3-44-34(42)16-19-37-17-9-18-39(22-20-37)36(43)32-14-7-12-30(24-32)35(31-13-8-15-33(41)25-31)40-23-21-38(26-28(40)2)27-29-10-5-4-6-11-29/h4-8,10-15,24-25,28,35,41H,3,9,16-23,26-27H2,1-2H3. The summed E-state index contributed by atoms with van der Waals surface area (Å²) in [6.07, 6.45) is 1.24. The maximum absolute atomic E-state index is 13.8. The first-order valence-electron chi connectivity index (χ1n) is 16.0. The van der Waals surface area contributed by atoms with Crippen molar-refractivity contribution in [3.63, 3.8) is 0 Å². The van der Waals surface area contributed by atoms with Gasteiger partial charge >= 0.3 is 5.97 Å². The van der Waals surface area contributed by atoms with Crippen molar-refractivity contribution < 1.29 is 19.4 Å². The van der Waals surface area contributed by atoms with Gasteiger partial charge in [-0.2, -0.15) is 0 Å². The molecule has 0 aromatic heterocycles. The van der Waals surface area contributed by atoms with Gasteiger partial charge in [0.15, 0.2) is 0 Å². The van der Waals surface area contributed by atoms with Crippen molar-refractivity contribution in [3.05, 3.63) is 101 Å². The highest BCUT2D eigenvalue weighted by Crippen LogP contribution is 2.34. The maximum atomic E-state index is 13.8. The number of esters is 1. The second-order valence-electron chi connectivity index (χ2n) is 12.0. The van der Waals surface area contributed by atoms with E-state index in [1.807, 2.05) is 42.2 Å². The average molecular weight is 599 g/mol. The van der Waals surface area contributed by atoms with Crippen LogP contribution in [-0.4, -0.2) is 102 Å². The topological polar surface area (TPSA) is 76.6 Å². The third-order valence-corrected chi connectivity index (χ3v) is 8.79. The van der Waals surface area contributed by atoms with E-state index in [0.29, 0.717) is 38.2 Å². The van der Waals surface area contributed by atoms with Crippen LogP contribution >= 0.6 is 0 Å². The van der Waals surface area contributed by atoms with Gasteiger partial charge in [-0.25, -0.2) is 0 Å². The monoisotopic (exact) mass is 598 g/mol. The summed E-state index contributed by atoms with van der Waals surface area (Å²) in [7, 11) is 0. The molecule has 0 bridgehead atoms. The van der Waals surface area contributed by atoms with Gasteiger partial charge in [0.1, 0.15) is 5.75 Å². The first-order chi connectivity index (χ1) is 21.4. The fourth-order valence-electron chi connectivity index (χ4n) is 6.59. The third-order valence-electron chi connectivity index (χ3n) is 8.79. The summed E-state index contributed by atoms with van der Waals surface area (Å²) in [6.45, 7) is 11.7. The zero-order valence-corrected chi connectivity index (χ0v) is 26.1. The second-order valence-corrected chi connectivity index (χ2v) is 12.0. The number of nitrogens with zero attached hydrogens (tertiary/aromatic N) is 4. The molecule has 8 nitrogen and oxygen atoms in total. The molecule has 2 fully saturated rings. The number of carbonyl (C=O) groups is 2. The van der Waals surface area contributed by atoms with Crippen LogP contribution in [0.5, 0.6) is 5.75 Å². The zero-order valence-electron chi connectivity index (χ0n) is 26.1. The molecule has 5 rings (SSSR count). The van der Waals surface area contributed by atoms with Gasteiger partial charge in [0, 0.05) is 64.0 Å². The number of rotatable bonds is 10. The Morgan fingerprint density at radius 2 is 1.61 bits per heavy atom. The first kappa shape index (κ1) is 31.7. The molecule has 2 heterocycles. The van der Waals surface area contributed by atoms with Gasteiger partial charge in [0.2, 0.25) is 0 Å². The summed E-state index contributed by atoms with van der Waals surface area (Å²) in [4.78, 5) is 34.8. The van der Waals surface area contributed by atoms with E-state index in [-0.39, 0.29) is 29.7 Å². The van der Waals surface area contributed by atoms with Crippen LogP contribution in [0.1, 0.15) is 59.8 Å². The lowest BCUT2D eigenvalue weighted by Gasteiger charge is -2.44. The molecular formula is C36H46N4O4. The fraction of sp³-hybridized carbons (Fsp3) is 0.444. The predicted octanol–water partition coefficient (Wildman–Crippen LogP) is 4.79. The summed E-state index contributed by atoms with van der Waals surface area (Å²) in [5.74, 6) is 0.108. The summed E-state index contributed by atoms with van der Waals surface area (Å²) in [6, 6.07) is 26.3. The van der Waals surface area contributed by atoms with Gasteiger partial charge in [-0.05, 0) is 67.8 Å². The minimum atomic E-state index is -0.172. The number of hydrogen-bond donors (Lipinski definition) is 1. The molecule has 0 spiro atoms. The van der Waals surface area contributed by atoms with E-state index in [0.717, 1.165) is 56.8 Å². The summed E-state index contributed by atoms with van der Waals surface area (Å²) in [5.41, 5.74) is 4.07. The van der Waals surface area contributed by atoms with Crippen LogP contribution in [0.4, 0.5) is 0 Å². The van der Waals surface area contributed by atoms with Gasteiger partial charge in [0.25, 0.3) is 5.91 Å². The molecular weight excluding hydrogens is 552 g/mol. The molecule has 2 aliphatic heterocycles. The van der Waals surface area contributed by atoms with Crippen molar-refractivity contribution in [2.45, 2.75) is 45.3 Å². The Hall–Kier alpha value is -3.72. The number of piperazine rings is 1. The minimum absolute atomic E-state index is 0.0366. The van der Waals surface area contributed by atoms with Crippen LogP contribution in [0.3, 0.4) is 0 Å². The predicted molar refractivity (Wildman–Crippen MR) is 172 cm³/mol. The molecule has 1 N–H and O–H groups in total. The van der Waals surface area contributed by atoms with Crippen molar-refractivity contribution in [1.82, 2.24) is 19.6 Å². The number of phenolic OH excluding ortho intramolecular Hbond substituents is 1. The lowest BCUT2D eigenvalue weighted by Crippen LogP contribution is -2.52. The number of amides is 1. The highest BCUT2D eigenvalue weighted by Gasteiger charge is 2.32. The Balaban J connectivity index is 1.31. The number of ether oxygens (including phenoxy) is 1. The van der Waals surface area contributed by atoms with E-state index in [2.05, 4.69) is 64.1 Å². The Morgan fingerprint density at radius 3 is 2.36 bits per heavy atom. The molecule has 2 aliphatic rings. The Bertz CT molecular complexity index is 1380. The van der Waals surface area contributed by atoms with Crippen molar-refractivity contribution in [1.29, 1.82) is 0 Å². The van der Waals surface area contributed by atoms with Gasteiger partial charge < -0.3 is 19.6 Å². The van der Waals surface area contributed by atoms with Crippen molar-refractivity contribution in [3.8, 4) is 5.75 Å². The van der Waals surface area contributed by atoms with Gasteiger partial charge in [-0.3, -0.25) is 19.4 Å². The van der Waals surface area contributed by atoms with Gasteiger partial charge in [-0.15, -0.1) is 0 Å². The van der Waals surface area contributed by atoms with Gasteiger partial charge in [0.05, 0.1) is 19.1 Å². The molecule has 44 heavy (non-hydrogen) atoms. The molecule has 0 aliphatic carbocycles. The van der Waals surface area contributed by atoms with Crippen LogP contribution < -0.4 is 0 Å². The minimum Gasteiger partial charge on any atom is -0.508 e. The molecule has 3 aromatic carbocycles. The van der Waals surface area contributed by atoms with E-state index in [1.54, 1.807) is 6.07 Å². The van der Waals surface area contributed by atoms with E-state index < -0.39 is 0 Å². The molecule has 2 atom stereocenters. The second kappa shape index (κ2) is 15.3. The number of benzene rings is 3. The Kier molecular flexibility index (Phi) is 11.0. The zero-order chi connectivity index (χ0) is 30.9. The highest BCUT2D eigenvalue weighted by atomic mass is 16.5. The molecule has 0 radical (unpaired) electrons. The molecule has 8 heteroatoms. The van der Waals surface area contributed by atoms with Crippen molar-refractivity contribution in [2.75, 3.05) is 59.0 Å². The quantitative estimate of drug-likeness (QED) is 0.337. The lowest BCUT2D eigenvalue weighted by atomic mass is 9.93. The van der Waals surface area contributed by atoms with E-state index in [4.69, 9.17) is 4.74 Å². The average Bonchev–Trinajstić information content (AvgIpc) is 3.28. The molecule has 0 saturated carbocycles. The Morgan fingerprint density at radius 1 is 0.864 bits per heavy atom. The molecule has 234 valence electrons. The number of phenols is 1. The highest BCUT2D eigenvalue weighted by molar-refractivity contribution is 5.94. The number of aromatic hydroxyl groups is 1. The van der Waals surface area contributed by atoms with Crippen LogP contribution in [0.25, 0.3) is 0 Å². The van der Waals surface area contributed by atoms with Crippen LogP contribution in [0, 0.1) is 0 Å². The van der Waals surface area contributed by atoms with Crippen LogP contribution in [-0.2, 0) is 16.1 Å². The SMILES string of the molecule is CCOC(=O)CCN1CCCN(C(=O)c2cccc(C(c3cccc(O)c3)N3CCN(Cc4ccccc4)CC3C)c2)CC1. The first-order valence-corrected chi connectivity index (χ1v) is 16.0. The molecule has 1 amide bonds. The van der Waals surface area contributed by atoms with E-state index in [1.165, 1.54) is 5.56 Å². The Labute approximate surface area is 261 Å². The summed E-state index contributed by atoms with van der Waals surface area (Å²) >= 11 is 0. The molecule has 2 unspecified atom stereocenters. The smallest absolute Gasteiger partial charge is 0.307 e. The van der Waals surface area contributed by atoms with Gasteiger partial charge in [-0.1, -0.05) is 54.6 Å². The summed E-state index contributed by atoms with van der Waals surface area (Å²) in [5, 5.41) is 10.4. The number of carbonyl (C=O) groups excluding carboxylic acids is 2. The van der Waals surface area contributed by atoms with E-state index >= 15 is 0 Å². The molecule has 2 saturated heterocycles. The number of hydrogen-bond acceptors (Lipinski definition) is 7. The maximum Gasteiger partial charge on any atom is 0.307 e. The van der Waals surface area contributed by atoms with Crippen LogP contribution in [0.2, 0.25) is 0 Å². The largest absolute Gasteiger partial charge is 0.508 e. The van der Waals surface area contributed by atoms with Crippen molar-refractivity contribution in [2.24, 2.45) is 0 Å². The van der Waals surface area contributed by atoms with Crippen molar-refractivity contribution >= 4 is 11.9 Å². The van der Waals surface area contributed by atoms with E-state index in [9.17, 15) is 14.7 Å². The third kappa shape index (κ3) is 8.25. The lowest BCUT2D eigenvalue weighted by molar-refractivity contribution is -0.143. The normalized spacial score (nSPS) is 19.3. The molecule has 3 aromatic rings. The summed E-state index contributed by atoms with van der Waals surface area (Å²) < 4.78 is 5.08.